The van der Waals surface area contributed by atoms with Gasteiger partial charge in [0.25, 0.3) is 0 Å². The van der Waals surface area contributed by atoms with Gasteiger partial charge in [0.1, 0.15) is 11.5 Å². The van der Waals surface area contributed by atoms with Crippen molar-refractivity contribution in [3.63, 3.8) is 0 Å². The Bertz CT molecular complexity index is 455. The number of benzene rings is 1. The Morgan fingerprint density at radius 3 is 2.67 bits per heavy atom. The number of ether oxygens (including phenoxy) is 2. The van der Waals surface area contributed by atoms with E-state index in [0.717, 1.165) is 5.75 Å². The summed E-state index contributed by atoms with van der Waals surface area (Å²) in [7, 11) is 0. The number of thioether (sulfide) groups is 1. The van der Waals surface area contributed by atoms with Crippen LogP contribution in [0.25, 0.3) is 0 Å². The quantitative estimate of drug-likeness (QED) is 0.733. The second kappa shape index (κ2) is 9.52. The molecule has 0 saturated carbocycles. The van der Waals surface area contributed by atoms with E-state index in [0.29, 0.717) is 36.8 Å². The van der Waals surface area contributed by atoms with Crippen molar-refractivity contribution in [3.8, 4) is 11.5 Å². The first-order valence-corrected chi connectivity index (χ1v) is 8.46. The Balaban J connectivity index is 2.82. The van der Waals surface area contributed by atoms with E-state index in [-0.39, 0.29) is 5.91 Å². The topological polar surface area (TPSA) is 73.6 Å². The fourth-order valence-electron chi connectivity index (χ4n) is 1.75. The lowest BCUT2D eigenvalue weighted by molar-refractivity contribution is -0.117. The van der Waals surface area contributed by atoms with Crippen LogP contribution in [0.2, 0.25) is 0 Å². The van der Waals surface area contributed by atoms with E-state index in [9.17, 15) is 4.79 Å². The third-order valence-corrected chi connectivity index (χ3v) is 3.43. The molecule has 1 aromatic rings. The molecule has 118 valence electrons. The first-order valence-electron chi connectivity index (χ1n) is 7.07. The fourth-order valence-corrected chi connectivity index (χ4v) is 2.24. The molecule has 0 heterocycles. The minimum absolute atomic E-state index is 0.210. The molecule has 21 heavy (non-hydrogen) atoms. The van der Waals surface area contributed by atoms with Crippen LogP contribution in [-0.2, 0) is 4.79 Å². The Hall–Kier alpha value is -1.40. The molecule has 0 fully saturated rings. The van der Waals surface area contributed by atoms with Crippen LogP contribution < -0.4 is 20.5 Å². The highest BCUT2D eigenvalue weighted by Crippen LogP contribution is 2.29. The highest BCUT2D eigenvalue weighted by molar-refractivity contribution is 7.98. The van der Waals surface area contributed by atoms with Gasteiger partial charge in [0.05, 0.1) is 24.9 Å². The van der Waals surface area contributed by atoms with E-state index in [1.807, 2.05) is 26.2 Å². The zero-order chi connectivity index (χ0) is 15.7. The summed E-state index contributed by atoms with van der Waals surface area (Å²) < 4.78 is 11.0. The summed E-state index contributed by atoms with van der Waals surface area (Å²) in [6.07, 6.45) is 2.63. The summed E-state index contributed by atoms with van der Waals surface area (Å²) in [4.78, 5) is 12.1. The van der Waals surface area contributed by atoms with E-state index in [2.05, 4.69) is 5.32 Å². The summed E-state index contributed by atoms with van der Waals surface area (Å²) in [5, 5.41) is 2.82. The average molecular weight is 312 g/mol. The van der Waals surface area contributed by atoms with Crippen molar-refractivity contribution in [1.82, 2.24) is 0 Å². The standard InChI is InChI=1S/C15H24N2O3S/c1-4-19-11-6-7-14(20-5-2)13(10-11)17-15(18)12(16)8-9-21-3/h6-7,10,12H,4-5,8-9,16H2,1-3H3,(H,17,18)/t12-/m1/s1. The maximum atomic E-state index is 12.1. The maximum absolute atomic E-state index is 12.1. The highest BCUT2D eigenvalue weighted by Gasteiger charge is 2.16. The molecule has 1 amide bonds. The van der Waals surface area contributed by atoms with E-state index in [1.54, 1.807) is 23.9 Å². The molecule has 1 atom stereocenters. The van der Waals surface area contributed by atoms with Gasteiger partial charge in [-0.3, -0.25) is 4.79 Å². The molecule has 1 rings (SSSR count). The molecule has 0 aromatic heterocycles. The number of anilines is 1. The zero-order valence-corrected chi connectivity index (χ0v) is 13.7. The van der Waals surface area contributed by atoms with Crippen LogP contribution in [0.3, 0.4) is 0 Å². The fraction of sp³-hybridized carbons (Fsp3) is 0.533. The molecular weight excluding hydrogens is 288 g/mol. The minimum Gasteiger partial charge on any atom is -0.494 e. The number of hydrogen-bond donors (Lipinski definition) is 2. The van der Waals surface area contributed by atoms with Gasteiger partial charge in [-0.15, -0.1) is 0 Å². The third-order valence-electron chi connectivity index (χ3n) is 2.79. The zero-order valence-electron chi connectivity index (χ0n) is 12.8. The number of nitrogens with one attached hydrogen (secondary N) is 1. The van der Waals surface area contributed by atoms with Crippen molar-refractivity contribution in [2.45, 2.75) is 26.3 Å². The highest BCUT2D eigenvalue weighted by atomic mass is 32.2. The van der Waals surface area contributed by atoms with Gasteiger partial charge >= 0.3 is 0 Å². The number of nitrogens with two attached hydrogens (primary N) is 1. The van der Waals surface area contributed by atoms with E-state index in [1.165, 1.54) is 0 Å². The first-order chi connectivity index (χ1) is 10.1. The molecule has 1 aromatic carbocycles. The Kier molecular flexibility index (Phi) is 8.00. The first kappa shape index (κ1) is 17.7. The second-order valence-electron chi connectivity index (χ2n) is 4.40. The smallest absolute Gasteiger partial charge is 0.241 e. The molecule has 6 heteroatoms. The molecule has 5 nitrogen and oxygen atoms in total. The van der Waals surface area contributed by atoms with Crippen molar-refractivity contribution in [3.05, 3.63) is 18.2 Å². The Morgan fingerprint density at radius 2 is 2.05 bits per heavy atom. The summed E-state index contributed by atoms with van der Waals surface area (Å²) in [6, 6.07) is 4.84. The lowest BCUT2D eigenvalue weighted by Gasteiger charge is -2.16. The van der Waals surface area contributed by atoms with Crippen LogP contribution >= 0.6 is 11.8 Å². The Morgan fingerprint density at radius 1 is 1.33 bits per heavy atom. The predicted octanol–water partition coefficient (Wildman–Crippen LogP) is 2.50. The van der Waals surface area contributed by atoms with Crippen LogP contribution in [0.4, 0.5) is 5.69 Å². The molecule has 0 bridgehead atoms. The van der Waals surface area contributed by atoms with Crippen molar-refractivity contribution in [2.24, 2.45) is 5.73 Å². The van der Waals surface area contributed by atoms with E-state index < -0.39 is 6.04 Å². The molecule has 3 N–H and O–H groups in total. The number of carbonyl (C=O) groups is 1. The lowest BCUT2D eigenvalue weighted by Crippen LogP contribution is -2.36. The maximum Gasteiger partial charge on any atom is 0.241 e. The van der Waals surface area contributed by atoms with Crippen molar-refractivity contribution >= 4 is 23.4 Å². The minimum atomic E-state index is -0.525. The van der Waals surface area contributed by atoms with Gasteiger partial charge in [-0.2, -0.15) is 11.8 Å². The van der Waals surface area contributed by atoms with Gasteiger partial charge in [-0.1, -0.05) is 0 Å². The summed E-state index contributed by atoms with van der Waals surface area (Å²) >= 11 is 1.67. The van der Waals surface area contributed by atoms with Gasteiger partial charge in [0.15, 0.2) is 0 Å². The van der Waals surface area contributed by atoms with Gasteiger partial charge < -0.3 is 20.5 Å². The Labute approximate surface area is 130 Å². The SMILES string of the molecule is CCOc1ccc(OCC)c(NC(=O)[C@H](N)CCSC)c1. The van der Waals surface area contributed by atoms with Gasteiger partial charge in [-0.05, 0) is 44.4 Å². The third kappa shape index (κ3) is 5.85. The number of carbonyl (C=O) groups excluding carboxylic acids is 1. The van der Waals surface area contributed by atoms with Gasteiger partial charge in [0.2, 0.25) is 5.91 Å². The monoisotopic (exact) mass is 312 g/mol. The van der Waals surface area contributed by atoms with Crippen molar-refractivity contribution in [2.75, 3.05) is 30.5 Å². The van der Waals surface area contributed by atoms with Crippen LogP contribution in [0.5, 0.6) is 11.5 Å². The molecule has 0 saturated heterocycles. The lowest BCUT2D eigenvalue weighted by atomic mass is 10.2. The van der Waals surface area contributed by atoms with Crippen molar-refractivity contribution in [1.29, 1.82) is 0 Å². The van der Waals surface area contributed by atoms with Crippen LogP contribution in [0.15, 0.2) is 18.2 Å². The number of hydrogen-bond acceptors (Lipinski definition) is 5. The molecule has 0 aliphatic heterocycles. The molecule has 0 aliphatic carbocycles. The molecule has 0 spiro atoms. The van der Waals surface area contributed by atoms with Crippen LogP contribution in [-0.4, -0.2) is 37.2 Å². The molecular formula is C15H24N2O3S. The summed E-state index contributed by atoms with van der Waals surface area (Å²) in [5.74, 6) is 1.95. The normalized spacial score (nSPS) is 11.8. The largest absolute Gasteiger partial charge is 0.494 e. The molecule has 0 aliphatic rings. The predicted molar refractivity (Wildman–Crippen MR) is 88.4 cm³/mol. The summed E-state index contributed by atoms with van der Waals surface area (Å²) in [6.45, 7) is 4.89. The van der Waals surface area contributed by atoms with E-state index in [4.69, 9.17) is 15.2 Å². The second-order valence-corrected chi connectivity index (χ2v) is 5.39. The van der Waals surface area contributed by atoms with Gasteiger partial charge in [-0.25, -0.2) is 0 Å². The van der Waals surface area contributed by atoms with Crippen molar-refractivity contribution < 1.29 is 14.3 Å². The number of amides is 1. The van der Waals surface area contributed by atoms with Gasteiger partial charge in [0, 0.05) is 6.07 Å². The number of rotatable bonds is 9. The molecule has 0 radical (unpaired) electrons. The van der Waals surface area contributed by atoms with Crippen LogP contribution in [0.1, 0.15) is 20.3 Å². The molecule has 0 unspecified atom stereocenters. The average Bonchev–Trinajstić information content (AvgIpc) is 2.47. The van der Waals surface area contributed by atoms with Crippen LogP contribution in [0, 0.1) is 0 Å². The summed E-state index contributed by atoms with van der Waals surface area (Å²) in [5.41, 5.74) is 6.46. The van der Waals surface area contributed by atoms with E-state index >= 15 is 0 Å².